The van der Waals surface area contributed by atoms with Crippen molar-refractivity contribution in [1.82, 2.24) is 16.0 Å². The molecule has 0 spiro atoms. The fourth-order valence-electron chi connectivity index (χ4n) is 2.02. The van der Waals surface area contributed by atoms with Crippen LogP contribution < -0.4 is 16.0 Å². The van der Waals surface area contributed by atoms with E-state index in [0.717, 1.165) is 11.4 Å². The van der Waals surface area contributed by atoms with Gasteiger partial charge in [-0.05, 0) is 36.2 Å². The van der Waals surface area contributed by atoms with E-state index in [-0.39, 0.29) is 12.5 Å². The number of amides is 1. The number of nitrogens with zero attached hydrogens (tertiary/aromatic N) is 1. The minimum atomic E-state index is -0.132. The van der Waals surface area contributed by atoms with E-state index < -0.39 is 0 Å². The van der Waals surface area contributed by atoms with Crippen LogP contribution in [0.25, 0.3) is 0 Å². The molecule has 1 heterocycles. The minimum absolute atomic E-state index is 0.132. The Morgan fingerprint density at radius 1 is 1.17 bits per heavy atom. The summed E-state index contributed by atoms with van der Waals surface area (Å²) in [6.45, 7) is 1.22. The first kappa shape index (κ1) is 17.9. The van der Waals surface area contributed by atoms with Gasteiger partial charge in [-0.1, -0.05) is 23.7 Å². The normalized spacial score (nSPS) is 11.2. The lowest BCUT2D eigenvalue weighted by Crippen LogP contribution is -2.43. The van der Waals surface area contributed by atoms with Crippen LogP contribution in [0.15, 0.2) is 52.1 Å². The second-order valence-corrected chi connectivity index (χ2v) is 5.52. The molecule has 128 valence electrons. The van der Waals surface area contributed by atoms with Crippen molar-refractivity contribution in [1.29, 1.82) is 0 Å². The average Bonchev–Trinajstić information content (AvgIpc) is 3.11. The number of nitrogens with one attached hydrogen (secondary N) is 3. The second-order valence-electron chi connectivity index (χ2n) is 5.09. The number of hydrogen-bond donors (Lipinski definition) is 3. The molecule has 2 rings (SSSR count). The van der Waals surface area contributed by atoms with Gasteiger partial charge >= 0.3 is 0 Å². The van der Waals surface area contributed by atoms with Gasteiger partial charge < -0.3 is 20.4 Å². The third kappa shape index (κ3) is 6.34. The largest absolute Gasteiger partial charge is 0.467 e. The van der Waals surface area contributed by atoms with E-state index in [2.05, 4.69) is 20.9 Å². The summed E-state index contributed by atoms with van der Waals surface area (Å²) in [4.78, 5) is 15.9. The van der Waals surface area contributed by atoms with Gasteiger partial charge in [-0.2, -0.15) is 0 Å². The second kappa shape index (κ2) is 9.62. The molecule has 1 amide bonds. The maximum atomic E-state index is 11.8. The van der Waals surface area contributed by atoms with Gasteiger partial charge in [-0.15, -0.1) is 0 Å². The van der Waals surface area contributed by atoms with Crippen LogP contribution in [-0.2, 0) is 17.8 Å². The van der Waals surface area contributed by atoms with Crippen LogP contribution >= 0.6 is 11.6 Å². The SMILES string of the molecule is CN=C(NCCc1ccc(Cl)cc1)NCC(=O)NCc1ccco1. The van der Waals surface area contributed by atoms with Crippen molar-refractivity contribution in [3.05, 3.63) is 59.0 Å². The van der Waals surface area contributed by atoms with Crippen LogP contribution in [-0.4, -0.2) is 32.0 Å². The Balaban J connectivity index is 1.64. The maximum absolute atomic E-state index is 11.8. The molecule has 0 saturated heterocycles. The molecule has 0 bridgehead atoms. The number of guanidine groups is 1. The van der Waals surface area contributed by atoms with Crippen LogP contribution in [0.4, 0.5) is 0 Å². The van der Waals surface area contributed by atoms with Crippen molar-refractivity contribution >= 4 is 23.5 Å². The van der Waals surface area contributed by atoms with E-state index in [0.29, 0.717) is 24.8 Å². The number of hydrogen-bond acceptors (Lipinski definition) is 3. The summed E-state index contributed by atoms with van der Waals surface area (Å²) in [6.07, 6.45) is 2.41. The first-order valence-electron chi connectivity index (χ1n) is 7.65. The maximum Gasteiger partial charge on any atom is 0.239 e. The quantitative estimate of drug-likeness (QED) is 0.528. The van der Waals surface area contributed by atoms with Gasteiger partial charge in [-0.25, -0.2) is 0 Å². The zero-order valence-corrected chi connectivity index (χ0v) is 14.3. The van der Waals surface area contributed by atoms with E-state index in [1.807, 2.05) is 30.3 Å². The minimum Gasteiger partial charge on any atom is -0.467 e. The molecule has 0 atom stereocenters. The van der Waals surface area contributed by atoms with E-state index >= 15 is 0 Å². The first-order chi connectivity index (χ1) is 11.7. The molecule has 0 unspecified atom stereocenters. The van der Waals surface area contributed by atoms with Crippen LogP contribution in [0, 0.1) is 0 Å². The van der Waals surface area contributed by atoms with Gasteiger partial charge in [0.1, 0.15) is 5.76 Å². The number of benzene rings is 1. The Labute approximate surface area is 146 Å². The Morgan fingerprint density at radius 3 is 2.62 bits per heavy atom. The molecule has 0 saturated carbocycles. The fourth-order valence-corrected chi connectivity index (χ4v) is 2.15. The molecule has 0 aliphatic rings. The van der Waals surface area contributed by atoms with Gasteiger partial charge in [0.05, 0.1) is 19.4 Å². The number of carbonyl (C=O) groups excluding carboxylic acids is 1. The standard InChI is InChI=1S/C17H21ClN4O2/c1-19-17(20-9-8-13-4-6-14(18)7-5-13)22-12-16(23)21-11-15-3-2-10-24-15/h2-7,10H,8-9,11-12H2,1H3,(H,21,23)(H2,19,20,22). The van der Waals surface area contributed by atoms with Crippen LogP contribution in [0.3, 0.4) is 0 Å². The van der Waals surface area contributed by atoms with Gasteiger partial charge in [0.2, 0.25) is 5.91 Å². The monoisotopic (exact) mass is 348 g/mol. The fraction of sp³-hybridized carbons (Fsp3) is 0.294. The number of aliphatic imine (C=N–C) groups is 1. The highest BCUT2D eigenvalue weighted by Gasteiger charge is 2.04. The highest BCUT2D eigenvalue weighted by Crippen LogP contribution is 2.09. The summed E-state index contributed by atoms with van der Waals surface area (Å²) in [7, 11) is 1.67. The molecule has 1 aromatic carbocycles. The third-order valence-electron chi connectivity index (χ3n) is 3.30. The average molecular weight is 349 g/mol. The highest BCUT2D eigenvalue weighted by molar-refractivity contribution is 6.30. The number of carbonyl (C=O) groups is 1. The number of furan rings is 1. The van der Waals surface area contributed by atoms with Crippen molar-refractivity contribution in [2.45, 2.75) is 13.0 Å². The molecular weight excluding hydrogens is 328 g/mol. The van der Waals surface area contributed by atoms with E-state index in [1.165, 1.54) is 5.56 Å². The van der Waals surface area contributed by atoms with Crippen molar-refractivity contribution < 1.29 is 9.21 Å². The van der Waals surface area contributed by atoms with E-state index in [1.54, 1.807) is 19.4 Å². The Bertz CT molecular complexity index is 654. The first-order valence-corrected chi connectivity index (χ1v) is 8.03. The summed E-state index contributed by atoms with van der Waals surface area (Å²) in [5, 5.41) is 9.62. The Morgan fingerprint density at radius 2 is 1.96 bits per heavy atom. The molecule has 24 heavy (non-hydrogen) atoms. The molecule has 6 nitrogen and oxygen atoms in total. The Hall–Kier alpha value is -2.47. The Kier molecular flexibility index (Phi) is 7.17. The number of halogens is 1. The molecule has 3 N–H and O–H groups in total. The molecule has 7 heteroatoms. The molecule has 0 fully saturated rings. The zero-order valence-electron chi connectivity index (χ0n) is 13.5. The summed E-state index contributed by atoms with van der Waals surface area (Å²) >= 11 is 5.86. The molecule has 0 aliphatic heterocycles. The number of rotatable bonds is 7. The van der Waals surface area contributed by atoms with E-state index in [9.17, 15) is 4.79 Å². The van der Waals surface area contributed by atoms with Crippen molar-refractivity contribution in [2.24, 2.45) is 4.99 Å². The highest BCUT2D eigenvalue weighted by atomic mass is 35.5. The van der Waals surface area contributed by atoms with Crippen molar-refractivity contribution in [3.63, 3.8) is 0 Å². The third-order valence-corrected chi connectivity index (χ3v) is 3.55. The van der Waals surface area contributed by atoms with Crippen LogP contribution in [0.2, 0.25) is 5.02 Å². The molecule has 0 aliphatic carbocycles. The lowest BCUT2D eigenvalue weighted by atomic mass is 10.1. The summed E-state index contributed by atoms with van der Waals surface area (Å²) in [5.74, 6) is 1.16. The summed E-state index contributed by atoms with van der Waals surface area (Å²) in [6, 6.07) is 11.3. The van der Waals surface area contributed by atoms with Crippen molar-refractivity contribution in [3.8, 4) is 0 Å². The molecule has 0 radical (unpaired) electrons. The smallest absolute Gasteiger partial charge is 0.239 e. The zero-order chi connectivity index (χ0) is 17.2. The lowest BCUT2D eigenvalue weighted by molar-refractivity contribution is -0.120. The van der Waals surface area contributed by atoms with Crippen LogP contribution in [0.5, 0.6) is 0 Å². The van der Waals surface area contributed by atoms with Crippen molar-refractivity contribution in [2.75, 3.05) is 20.1 Å². The molecular formula is C17H21ClN4O2. The van der Waals surface area contributed by atoms with Crippen LogP contribution in [0.1, 0.15) is 11.3 Å². The summed E-state index contributed by atoms with van der Waals surface area (Å²) in [5.41, 5.74) is 1.18. The van der Waals surface area contributed by atoms with Gasteiger partial charge in [-0.3, -0.25) is 9.79 Å². The topological polar surface area (TPSA) is 78.7 Å². The molecule has 1 aromatic heterocycles. The van der Waals surface area contributed by atoms with Gasteiger partial charge in [0, 0.05) is 18.6 Å². The lowest BCUT2D eigenvalue weighted by Gasteiger charge is -2.11. The predicted molar refractivity (Wildman–Crippen MR) is 95.1 cm³/mol. The van der Waals surface area contributed by atoms with E-state index in [4.69, 9.17) is 16.0 Å². The summed E-state index contributed by atoms with van der Waals surface area (Å²) < 4.78 is 5.15. The van der Waals surface area contributed by atoms with Gasteiger partial charge in [0.15, 0.2) is 5.96 Å². The predicted octanol–water partition coefficient (Wildman–Crippen LogP) is 1.96. The molecule has 2 aromatic rings. The van der Waals surface area contributed by atoms with Gasteiger partial charge in [0.25, 0.3) is 0 Å².